The first-order valence-electron chi connectivity index (χ1n) is 5.98. The molecule has 0 aliphatic carbocycles. The molecule has 0 saturated carbocycles. The highest BCUT2D eigenvalue weighted by molar-refractivity contribution is 7.98. The fraction of sp³-hybridized carbons (Fsp3) is 0.500. The fourth-order valence-electron chi connectivity index (χ4n) is 1.32. The molecule has 1 aromatic carbocycles. The molecule has 0 bridgehead atoms. The maximum absolute atomic E-state index is 11.6. The summed E-state index contributed by atoms with van der Waals surface area (Å²) in [6.07, 6.45) is 0. The van der Waals surface area contributed by atoms with Gasteiger partial charge in [-0.25, -0.2) is 0 Å². The molecule has 0 unspecified atom stereocenters. The van der Waals surface area contributed by atoms with Crippen LogP contribution in [0.25, 0.3) is 0 Å². The zero-order chi connectivity index (χ0) is 13.6. The number of esters is 1. The second-order valence-corrected chi connectivity index (χ2v) is 6.17. The van der Waals surface area contributed by atoms with Crippen LogP contribution in [-0.4, -0.2) is 23.4 Å². The van der Waals surface area contributed by atoms with Crippen LogP contribution in [0, 0.1) is 0 Å². The van der Waals surface area contributed by atoms with Gasteiger partial charge in [-0.2, -0.15) is 11.8 Å². The topological polar surface area (TPSA) is 52.3 Å². The lowest BCUT2D eigenvalue weighted by atomic mass is 10.2. The highest BCUT2D eigenvalue weighted by Crippen LogP contribution is 2.14. The number of ether oxygens (including phenoxy) is 1. The summed E-state index contributed by atoms with van der Waals surface area (Å²) < 4.78 is 5.22. The second-order valence-electron chi connectivity index (χ2n) is 5.14. The zero-order valence-electron chi connectivity index (χ0n) is 11.2. The Morgan fingerprint density at radius 2 is 1.94 bits per heavy atom. The van der Waals surface area contributed by atoms with Crippen molar-refractivity contribution in [2.45, 2.75) is 38.2 Å². The molecule has 3 nitrogen and oxygen atoms in total. The third-order valence-corrected chi connectivity index (χ3v) is 3.25. The molecule has 18 heavy (non-hydrogen) atoms. The van der Waals surface area contributed by atoms with E-state index >= 15 is 0 Å². The molecule has 4 heteroatoms. The highest BCUT2D eigenvalue weighted by Gasteiger charge is 2.21. The van der Waals surface area contributed by atoms with E-state index in [0.717, 1.165) is 5.75 Å². The minimum atomic E-state index is -0.557. The van der Waals surface area contributed by atoms with E-state index in [1.165, 1.54) is 5.56 Å². The number of rotatable bonds is 5. The van der Waals surface area contributed by atoms with Crippen LogP contribution in [0.4, 0.5) is 0 Å². The molecule has 0 aliphatic rings. The second kappa shape index (κ2) is 6.81. The van der Waals surface area contributed by atoms with Gasteiger partial charge in [0.25, 0.3) is 0 Å². The molecule has 100 valence electrons. The molecule has 0 radical (unpaired) electrons. The molecule has 0 amide bonds. The molecular weight excluding hydrogens is 246 g/mol. The Morgan fingerprint density at radius 1 is 1.33 bits per heavy atom. The van der Waals surface area contributed by atoms with Gasteiger partial charge in [-0.1, -0.05) is 30.3 Å². The van der Waals surface area contributed by atoms with Crippen molar-refractivity contribution in [1.29, 1.82) is 0 Å². The highest BCUT2D eigenvalue weighted by atomic mass is 32.2. The van der Waals surface area contributed by atoms with Crippen LogP contribution in [-0.2, 0) is 15.3 Å². The number of nitrogens with two attached hydrogens (primary N) is 1. The normalized spacial score (nSPS) is 13.1. The molecule has 1 atom stereocenters. The lowest BCUT2D eigenvalue weighted by molar-refractivity contribution is -0.155. The van der Waals surface area contributed by atoms with E-state index in [2.05, 4.69) is 12.1 Å². The van der Waals surface area contributed by atoms with Gasteiger partial charge in [-0.3, -0.25) is 4.79 Å². The molecule has 0 heterocycles. The number of thioether (sulfide) groups is 1. The Kier molecular flexibility index (Phi) is 5.69. The maximum atomic E-state index is 11.6. The summed E-state index contributed by atoms with van der Waals surface area (Å²) in [5.41, 5.74) is 6.55. The van der Waals surface area contributed by atoms with Crippen molar-refractivity contribution in [3.63, 3.8) is 0 Å². The summed E-state index contributed by atoms with van der Waals surface area (Å²) >= 11 is 1.64. The average molecular weight is 267 g/mol. The zero-order valence-corrected chi connectivity index (χ0v) is 12.0. The molecule has 0 aliphatic heterocycles. The van der Waals surface area contributed by atoms with Crippen molar-refractivity contribution < 1.29 is 9.53 Å². The number of carbonyl (C=O) groups is 1. The van der Waals surface area contributed by atoms with Crippen LogP contribution < -0.4 is 5.73 Å². The summed E-state index contributed by atoms with van der Waals surface area (Å²) in [5.74, 6) is 1.10. The third-order valence-electron chi connectivity index (χ3n) is 2.12. The molecule has 1 rings (SSSR count). The molecule has 2 N–H and O–H groups in total. The van der Waals surface area contributed by atoms with Crippen LogP contribution in [0.1, 0.15) is 26.3 Å². The lowest BCUT2D eigenvalue weighted by Gasteiger charge is -2.22. The van der Waals surface area contributed by atoms with Gasteiger partial charge in [0.15, 0.2) is 0 Å². The number of hydrogen-bond acceptors (Lipinski definition) is 4. The van der Waals surface area contributed by atoms with Crippen LogP contribution in [0.5, 0.6) is 0 Å². The summed E-state index contributed by atoms with van der Waals surface area (Å²) in [4.78, 5) is 11.6. The van der Waals surface area contributed by atoms with Crippen LogP contribution in [0.2, 0.25) is 0 Å². The van der Waals surface area contributed by atoms with E-state index in [-0.39, 0.29) is 5.97 Å². The SMILES string of the molecule is CC(C)(C)OC(=O)[C@H](N)CSCc1ccccc1. The predicted molar refractivity (Wildman–Crippen MR) is 76.4 cm³/mol. The van der Waals surface area contributed by atoms with Crippen LogP contribution >= 0.6 is 11.8 Å². The molecule has 0 saturated heterocycles. The van der Waals surface area contributed by atoms with Crippen molar-refractivity contribution in [1.82, 2.24) is 0 Å². The molecule has 0 aromatic heterocycles. The van der Waals surface area contributed by atoms with Gasteiger partial charge in [0.2, 0.25) is 0 Å². The van der Waals surface area contributed by atoms with Gasteiger partial charge in [0.05, 0.1) is 0 Å². The minimum Gasteiger partial charge on any atom is -0.459 e. The monoisotopic (exact) mass is 267 g/mol. The Bertz CT molecular complexity index is 373. The standard InChI is InChI=1S/C14H21NO2S/c1-14(2,3)17-13(16)12(15)10-18-9-11-7-5-4-6-8-11/h4-8,12H,9-10,15H2,1-3H3/t12-/m1/s1. The number of benzene rings is 1. The number of carbonyl (C=O) groups excluding carboxylic acids is 1. The van der Waals surface area contributed by atoms with Crippen molar-refractivity contribution in [2.75, 3.05) is 5.75 Å². The van der Waals surface area contributed by atoms with E-state index in [1.54, 1.807) is 11.8 Å². The van der Waals surface area contributed by atoms with E-state index < -0.39 is 11.6 Å². The first-order valence-corrected chi connectivity index (χ1v) is 7.14. The first-order chi connectivity index (χ1) is 8.38. The van der Waals surface area contributed by atoms with E-state index in [4.69, 9.17) is 10.5 Å². The van der Waals surface area contributed by atoms with Gasteiger partial charge in [-0.15, -0.1) is 0 Å². The Morgan fingerprint density at radius 3 is 2.50 bits per heavy atom. The van der Waals surface area contributed by atoms with Gasteiger partial charge in [0.1, 0.15) is 11.6 Å². The predicted octanol–water partition coefficient (Wildman–Crippen LogP) is 2.59. The van der Waals surface area contributed by atoms with Crippen molar-refractivity contribution in [3.8, 4) is 0 Å². The Hall–Kier alpha value is -1.00. The van der Waals surface area contributed by atoms with Crippen molar-refractivity contribution in [2.24, 2.45) is 5.73 Å². The van der Waals surface area contributed by atoms with Gasteiger partial charge in [0, 0.05) is 11.5 Å². The van der Waals surface area contributed by atoms with E-state index in [1.807, 2.05) is 39.0 Å². The van der Waals surface area contributed by atoms with Crippen molar-refractivity contribution >= 4 is 17.7 Å². The summed E-state index contributed by atoms with van der Waals surface area (Å²) in [5, 5.41) is 0. The van der Waals surface area contributed by atoms with Gasteiger partial charge < -0.3 is 10.5 Å². The number of hydrogen-bond donors (Lipinski definition) is 1. The molecule has 0 fully saturated rings. The summed E-state index contributed by atoms with van der Waals surface area (Å²) in [6.45, 7) is 5.53. The molecule has 0 spiro atoms. The van der Waals surface area contributed by atoms with E-state index in [0.29, 0.717) is 5.75 Å². The first kappa shape index (κ1) is 15.1. The Balaban J connectivity index is 2.29. The summed E-state index contributed by atoms with van der Waals surface area (Å²) in [6, 6.07) is 9.56. The van der Waals surface area contributed by atoms with Crippen LogP contribution in [0.15, 0.2) is 30.3 Å². The van der Waals surface area contributed by atoms with E-state index in [9.17, 15) is 4.79 Å². The van der Waals surface area contributed by atoms with Crippen molar-refractivity contribution in [3.05, 3.63) is 35.9 Å². The third kappa shape index (κ3) is 6.07. The largest absolute Gasteiger partial charge is 0.459 e. The van der Waals surface area contributed by atoms with Crippen LogP contribution in [0.3, 0.4) is 0 Å². The average Bonchev–Trinajstić information content (AvgIpc) is 2.28. The van der Waals surface area contributed by atoms with Gasteiger partial charge in [-0.05, 0) is 26.3 Å². The fourth-order valence-corrected chi connectivity index (χ4v) is 2.26. The molecule has 1 aromatic rings. The maximum Gasteiger partial charge on any atom is 0.324 e. The quantitative estimate of drug-likeness (QED) is 0.833. The smallest absolute Gasteiger partial charge is 0.324 e. The lowest BCUT2D eigenvalue weighted by Crippen LogP contribution is -2.39. The Labute approximate surface area is 113 Å². The minimum absolute atomic E-state index is 0.330. The molecular formula is C14H21NO2S. The van der Waals surface area contributed by atoms with Gasteiger partial charge >= 0.3 is 5.97 Å². The summed E-state index contributed by atoms with van der Waals surface area (Å²) in [7, 11) is 0.